The second kappa shape index (κ2) is 6.81. The van der Waals surface area contributed by atoms with E-state index in [9.17, 15) is 18.8 Å². The fourth-order valence-electron chi connectivity index (χ4n) is 3.48. The number of thioether (sulfide) groups is 1. The number of carbonyl (C=O) groups is 3. The molecule has 2 aromatic carbocycles. The molecular weight excluding hydrogens is 367 g/mol. The molecule has 27 heavy (non-hydrogen) atoms. The number of fused-ring (bicyclic) bond motifs is 2. The van der Waals surface area contributed by atoms with Crippen molar-refractivity contribution in [1.82, 2.24) is 10.2 Å². The Kier molecular flexibility index (Phi) is 4.47. The zero-order chi connectivity index (χ0) is 19.1. The van der Waals surface area contributed by atoms with Crippen molar-refractivity contribution in [2.75, 3.05) is 5.75 Å². The number of nitrogens with one attached hydrogen (secondary N) is 1. The summed E-state index contributed by atoms with van der Waals surface area (Å²) in [6, 6.07) is 9.77. The SMILES string of the molecule is CC(C(=O)NC1CCSc2ccc(F)cc21)N1C(=O)c2ccccc2C1=O. The van der Waals surface area contributed by atoms with Gasteiger partial charge in [-0.25, -0.2) is 4.39 Å². The van der Waals surface area contributed by atoms with Gasteiger partial charge in [-0.15, -0.1) is 11.8 Å². The van der Waals surface area contributed by atoms with E-state index in [1.807, 2.05) is 0 Å². The van der Waals surface area contributed by atoms with Crippen LogP contribution in [-0.4, -0.2) is 34.4 Å². The van der Waals surface area contributed by atoms with E-state index in [1.54, 1.807) is 42.1 Å². The van der Waals surface area contributed by atoms with Crippen LogP contribution in [-0.2, 0) is 4.79 Å². The number of imide groups is 1. The van der Waals surface area contributed by atoms with Gasteiger partial charge in [0.1, 0.15) is 11.9 Å². The Morgan fingerprint density at radius 1 is 1.19 bits per heavy atom. The molecule has 0 aromatic heterocycles. The third-order valence-corrected chi connectivity index (χ3v) is 6.04. The number of nitrogens with zero attached hydrogens (tertiary/aromatic N) is 1. The molecule has 0 fully saturated rings. The molecule has 2 aliphatic rings. The minimum Gasteiger partial charge on any atom is -0.347 e. The van der Waals surface area contributed by atoms with E-state index in [1.165, 1.54) is 19.1 Å². The van der Waals surface area contributed by atoms with Gasteiger partial charge in [-0.1, -0.05) is 12.1 Å². The van der Waals surface area contributed by atoms with Crippen molar-refractivity contribution >= 4 is 29.5 Å². The molecule has 0 saturated carbocycles. The third kappa shape index (κ3) is 3.02. The standard InChI is InChI=1S/C20H17FN2O3S/c1-11(23-19(25)13-4-2-3-5-14(13)20(23)26)18(24)22-16-8-9-27-17-7-6-12(21)10-15(16)17/h2-7,10-11,16H,8-9H2,1H3,(H,22,24). The summed E-state index contributed by atoms with van der Waals surface area (Å²) < 4.78 is 13.6. The lowest BCUT2D eigenvalue weighted by molar-refractivity contribution is -0.125. The summed E-state index contributed by atoms with van der Waals surface area (Å²) in [6.07, 6.45) is 0.654. The van der Waals surface area contributed by atoms with Crippen molar-refractivity contribution in [3.05, 3.63) is 65.0 Å². The Balaban J connectivity index is 1.54. The van der Waals surface area contributed by atoms with E-state index in [2.05, 4.69) is 5.32 Å². The molecule has 7 heteroatoms. The molecule has 2 heterocycles. The van der Waals surface area contributed by atoms with Crippen molar-refractivity contribution in [3.8, 4) is 0 Å². The van der Waals surface area contributed by atoms with Crippen LogP contribution in [0.15, 0.2) is 47.4 Å². The predicted molar refractivity (Wildman–Crippen MR) is 99.0 cm³/mol. The van der Waals surface area contributed by atoms with E-state index in [4.69, 9.17) is 0 Å². The fourth-order valence-corrected chi connectivity index (χ4v) is 4.59. The first-order valence-corrected chi connectivity index (χ1v) is 9.65. The summed E-state index contributed by atoms with van der Waals surface area (Å²) in [7, 11) is 0. The van der Waals surface area contributed by atoms with Crippen molar-refractivity contribution in [3.63, 3.8) is 0 Å². The first kappa shape index (κ1) is 17.7. The van der Waals surface area contributed by atoms with Gasteiger partial charge in [0.2, 0.25) is 5.91 Å². The molecule has 2 aromatic rings. The average molecular weight is 384 g/mol. The Bertz CT molecular complexity index is 927. The molecule has 5 nitrogen and oxygen atoms in total. The van der Waals surface area contributed by atoms with Gasteiger partial charge in [-0.3, -0.25) is 19.3 Å². The predicted octanol–water partition coefficient (Wildman–Crippen LogP) is 3.16. The van der Waals surface area contributed by atoms with E-state index in [-0.39, 0.29) is 11.9 Å². The molecule has 0 bridgehead atoms. The fraction of sp³-hybridized carbons (Fsp3) is 0.250. The molecule has 3 amide bonds. The minimum atomic E-state index is -0.955. The maximum absolute atomic E-state index is 13.6. The Labute approximate surface area is 159 Å². The van der Waals surface area contributed by atoms with E-state index < -0.39 is 23.8 Å². The number of halogens is 1. The molecule has 2 unspecified atom stereocenters. The summed E-state index contributed by atoms with van der Waals surface area (Å²) in [5.74, 6) is -0.932. The van der Waals surface area contributed by atoms with E-state index in [0.29, 0.717) is 17.5 Å². The molecule has 4 rings (SSSR count). The molecule has 0 saturated heterocycles. The zero-order valence-corrected chi connectivity index (χ0v) is 15.4. The zero-order valence-electron chi connectivity index (χ0n) is 14.6. The lowest BCUT2D eigenvalue weighted by Crippen LogP contribution is -2.48. The highest BCUT2D eigenvalue weighted by Gasteiger charge is 2.41. The third-order valence-electron chi connectivity index (χ3n) is 4.92. The van der Waals surface area contributed by atoms with Gasteiger partial charge in [-0.05, 0) is 49.2 Å². The Morgan fingerprint density at radius 3 is 2.52 bits per heavy atom. The lowest BCUT2D eigenvalue weighted by Gasteiger charge is -2.29. The summed E-state index contributed by atoms with van der Waals surface area (Å²) in [4.78, 5) is 39.8. The highest BCUT2D eigenvalue weighted by atomic mass is 32.2. The number of hydrogen-bond donors (Lipinski definition) is 1. The van der Waals surface area contributed by atoms with Gasteiger partial charge >= 0.3 is 0 Å². The van der Waals surface area contributed by atoms with Gasteiger partial charge in [0.15, 0.2) is 0 Å². The van der Waals surface area contributed by atoms with Crippen LogP contribution in [0.5, 0.6) is 0 Å². The number of carbonyl (C=O) groups excluding carboxylic acids is 3. The summed E-state index contributed by atoms with van der Waals surface area (Å²) in [5.41, 5.74) is 1.35. The number of rotatable bonds is 3. The van der Waals surface area contributed by atoms with Crippen molar-refractivity contribution < 1.29 is 18.8 Å². The van der Waals surface area contributed by atoms with Crippen LogP contribution in [0.3, 0.4) is 0 Å². The van der Waals surface area contributed by atoms with Gasteiger partial charge in [0.05, 0.1) is 17.2 Å². The van der Waals surface area contributed by atoms with Crippen molar-refractivity contribution in [1.29, 1.82) is 0 Å². The first-order valence-electron chi connectivity index (χ1n) is 8.67. The van der Waals surface area contributed by atoms with E-state index >= 15 is 0 Å². The largest absolute Gasteiger partial charge is 0.347 e. The second-order valence-corrected chi connectivity index (χ2v) is 7.72. The molecular formula is C20H17FN2O3S. The number of benzene rings is 2. The molecule has 0 radical (unpaired) electrons. The molecule has 2 atom stereocenters. The highest BCUT2D eigenvalue weighted by Crippen LogP contribution is 2.36. The topological polar surface area (TPSA) is 66.5 Å². The van der Waals surface area contributed by atoms with Gasteiger partial charge < -0.3 is 5.32 Å². The molecule has 1 N–H and O–H groups in total. The van der Waals surface area contributed by atoms with Gasteiger partial charge in [0.25, 0.3) is 11.8 Å². The second-order valence-electron chi connectivity index (χ2n) is 6.58. The maximum Gasteiger partial charge on any atom is 0.262 e. The normalized spacial score (nSPS) is 19.5. The highest BCUT2D eigenvalue weighted by molar-refractivity contribution is 7.99. The minimum absolute atomic E-state index is 0.309. The molecule has 0 spiro atoms. The molecule has 2 aliphatic heterocycles. The van der Waals surface area contributed by atoms with Crippen LogP contribution >= 0.6 is 11.8 Å². The quantitative estimate of drug-likeness (QED) is 0.826. The van der Waals surface area contributed by atoms with Gasteiger partial charge in [-0.2, -0.15) is 0 Å². The van der Waals surface area contributed by atoms with Crippen LogP contribution in [0.2, 0.25) is 0 Å². The van der Waals surface area contributed by atoms with Crippen LogP contribution < -0.4 is 5.32 Å². The summed E-state index contributed by atoms with van der Waals surface area (Å²) in [5, 5.41) is 2.88. The number of hydrogen-bond acceptors (Lipinski definition) is 4. The van der Waals surface area contributed by atoms with Crippen molar-refractivity contribution in [2.24, 2.45) is 0 Å². The molecule has 138 valence electrons. The molecule has 0 aliphatic carbocycles. The van der Waals surface area contributed by atoms with Crippen molar-refractivity contribution in [2.45, 2.75) is 30.3 Å². The van der Waals surface area contributed by atoms with Crippen LogP contribution in [0.1, 0.15) is 45.7 Å². The monoisotopic (exact) mass is 384 g/mol. The number of amides is 3. The Hall–Kier alpha value is -2.67. The Morgan fingerprint density at radius 2 is 1.85 bits per heavy atom. The van der Waals surface area contributed by atoms with Crippen LogP contribution in [0.4, 0.5) is 4.39 Å². The van der Waals surface area contributed by atoms with Crippen LogP contribution in [0, 0.1) is 5.82 Å². The maximum atomic E-state index is 13.6. The first-order chi connectivity index (χ1) is 13.0. The summed E-state index contributed by atoms with van der Waals surface area (Å²) >= 11 is 1.62. The lowest BCUT2D eigenvalue weighted by atomic mass is 10.0. The summed E-state index contributed by atoms with van der Waals surface area (Å²) in [6.45, 7) is 1.53. The smallest absolute Gasteiger partial charge is 0.262 e. The van der Waals surface area contributed by atoms with Gasteiger partial charge in [0, 0.05) is 10.6 Å². The average Bonchev–Trinajstić information content (AvgIpc) is 2.92. The van der Waals surface area contributed by atoms with E-state index in [0.717, 1.165) is 21.1 Å². The van der Waals surface area contributed by atoms with Crippen LogP contribution in [0.25, 0.3) is 0 Å².